The minimum absolute atomic E-state index is 0.0826. The molecule has 0 aliphatic heterocycles. The average Bonchev–Trinajstić information content (AvgIpc) is 2.25. The first kappa shape index (κ1) is 14.6. The van der Waals surface area contributed by atoms with E-state index in [1.807, 2.05) is 0 Å². The number of alkyl halides is 5. The zero-order valence-corrected chi connectivity index (χ0v) is 9.74. The Balaban J connectivity index is 3.57. The third kappa shape index (κ3) is 2.86. The fourth-order valence-electron chi connectivity index (χ4n) is 1.71. The molecule has 0 aliphatic carbocycles. The smallest absolute Gasteiger partial charge is 0.295 e. The number of rotatable bonds is 3. The van der Waals surface area contributed by atoms with Gasteiger partial charge in [-0.25, -0.2) is 8.78 Å². The minimum atomic E-state index is -4.86. The molecule has 0 amide bonds. The summed E-state index contributed by atoms with van der Waals surface area (Å²) in [7, 11) is 0. The van der Waals surface area contributed by atoms with Crippen molar-refractivity contribution in [1.82, 2.24) is 0 Å². The van der Waals surface area contributed by atoms with E-state index in [9.17, 15) is 26.7 Å². The summed E-state index contributed by atoms with van der Waals surface area (Å²) in [5.41, 5.74) is -2.48. The summed E-state index contributed by atoms with van der Waals surface area (Å²) in [5.74, 6) is -0.525. The maximum atomic E-state index is 12.6. The maximum absolute atomic E-state index is 12.6. The Morgan fingerprint density at radius 1 is 1.28 bits per heavy atom. The quantitative estimate of drug-likeness (QED) is 0.585. The zero-order chi connectivity index (χ0) is 14.1. The molecule has 0 N–H and O–H groups in total. The van der Waals surface area contributed by atoms with Gasteiger partial charge in [-0.1, -0.05) is 6.92 Å². The van der Waals surface area contributed by atoms with E-state index < -0.39 is 29.5 Å². The van der Waals surface area contributed by atoms with E-state index in [0.717, 1.165) is 6.92 Å². The van der Waals surface area contributed by atoms with Gasteiger partial charge in [0.2, 0.25) is 0 Å². The summed E-state index contributed by atoms with van der Waals surface area (Å²) in [6, 6.07) is 1.28. The van der Waals surface area contributed by atoms with Gasteiger partial charge in [0.1, 0.15) is 0 Å². The lowest BCUT2D eigenvalue weighted by atomic mass is 9.94. The lowest BCUT2D eigenvalue weighted by Gasteiger charge is -2.16. The Hall–Kier alpha value is -1.46. The second-order valence-corrected chi connectivity index (χ2v) is 3.80. The van der Waals surface area contributed by atoms with Crippen LogP contribution in [0.15, 0.2) is 12.1 Å². The Morgan fingerprint density at radius 2 is 1.83 bits per heavy atom. The molecule has 100 valence electrons. The first-order valence-corrected chi connectivity index (χ1v) is 5.21. The van der Waals surface area contributed by atoms with Crippen molar-refractivity contribution in [1.29, 1.82) is 0 Å². The number of hydrogen-bond donors (Lipinski definition) is 0. The number of Topliss-reactive ketones (excluding diaryl/α,β-unsaturated/α-hetero) is 1. The molecule has 1 aromatic rings. The van der Waals surface area contributed by atoms with E-state index in [1.54, 1.807) is 6.92 Å². The summed E-state index contributed by atoms with van der Waals surface area (Å²) in [4.78, 5) is 11.2. The molecule has 1 nitrogen and oxygen atoms in total. The van der Waals surface area contributed by atoms with E-state index in [1.165, 1.54) is 0 Å². The van der Waals surface area contributed by atoms with Crippen LogP contribution in [0.2, 0.25) is 0 Å². The largest absolute Gasteiger partial charge is 0.416 e. The number of carbonyl (C=O) groups excluding carboxylic acids is 1. The number of benzene rings is 1. The fraction of sp³-hybridized carbons (Fsp3) is 0.417. The highest BCUT2D eigenvalue weighted by Crippen LogP contribution is 2.38. The van der Waals surface area contributed by atoms with Crippen LogP contribution < -0.4 is 0 Å². The van der Waals surface area contributed by atoms with Crippen LogP contribution in [-0.4, -0.2) is 5.78 Å². The van der Waals surface area contributed by atoms with Gasteiger partial charge in [0, 0.05) is 11.1 Å². The van der Waals surface area contributed by atoms with Gasteiger partial charge in [-0.3, -0.25) is 4.79 Å². The Morgan fingerprint density at radius 3 is 2.17 bits per heavy atom. The normalized spacial score (nSPS) is 12.0. The summed E-state index contributed by atoms with van der Waals surface area (Å²) >= 11 is 0. The Labute approximate surface area is 101 Å². The van der Waals surface area contributed by atoms with Crippen LogP contribution in [0.4, 0.5) is 22.0 Å². The molecule has 6 heteroatoms. The van der Waals surface area contributed by atoms with Gasteiger partial charge >= 0.3 is 6.18 Å². The molecule has 0 fully saturated rings. The fourth-order valence-corrected chi connectivity index (χ4v) is 1.71. The summed E-state index contributed by atoms with van der Waals surface area (Å²) in [6.45, 7) is 2.70. The van der Waals surface area contributed by atoms with E-state index >= 15 is 0 Å². The van der Waals surface area contributed by atoms with Gasteiger partial charge < -0.3 is 0 Å². The van der Waals surface area contributed by atoms with Crippen molar-refractivity contribution in [3.8, 4) is 0 Å². The molecule has 0 spiro atoms. The predicted octanol–water partition coefficient (Wildman–Crippen LogP) is 4.41. The van der Waals surface area contributed by atoms with Crippen molar-refractivity contribution in [2.45, 2.75) is 32.9 Å². The van der Waals surface area contributed by atoms with Crippen LogP contribution in [0.5, 0.6) is 0 Å². The number of halogens is 5. The van der Waals surface area contributed by atoms with Crippen molar-refractivity contribution in [2.75, 3.05) is 0 Å². The van der Waals surface area contributed by atoms with Crippen molar-refractivity contribution < 1.29 is 26.7 Å². The second kappa shape index (κ2) is 5.04. The topological polar surface area (TPSA) is 17.1 Å². The third-order valence-electron chi connectivity index (χ3n) is 2.58. The molecule has 0 saturated carbocycles. The number of hydrogen-bond acceptors (Lipinski definition) is 1. The van der Waals surface area contributed by atoms with E-state index in [2.05, 4.69) is 0 Å². The summed E-state index contributed by atoms with van der Waals surface area (Å²) in [5, 5.41) is 0. The first-order valence-electron chi connectivity index (χ1n) is 5.21. The Bertz CT molecular complexity index is 462. The molecule has 0 aromatic heterocycles. The molecular formula is C12H11F5O. The van der Waals surface area contributed by atoms with Crippen LogP contribution in [-0.2, 0) is 12.6 Å². The van der Waals surface area contributed by atoms with Crippen molar-refractivity contribution in [2.24, 2.45) is 0 Å². The lowest BCUT2D eigenvalue weighted by molar-refractivity contribution is -0.139. The molecule has 0 unspecified atom stereocenters. The standard InChI is InChI=1S/C12H11F5O/c1-3-7-4-10(12(15,16)17)9(11(13)14)5-8(7)6(2)18/h4-5,11H,3H2,1-2H3. The molecule has 0 radical (unpaired) electrons. The molecule has 18 heavy (non-hydrogen) atoms. The molecule has 0 saturated heterocycles. The van der Waals surface area contributed by atoms with Crippen molar-refractivity contribution in [3.63, 3.8) is 0 Å². The monoisotopic (exact) mass is 266 g/mol. The van der Waals surface area contributed by atoms with E-state index in [-0.39, 0.29) is 17.5 Å². The number of ketones is 1. The summed E-state index contributed by atoms with van der Waals surface area (Å²) in [6.07, 6.45) is -7.96. The number of aryl methyl sites for hydroxylation is 1. The predicted molar refractivity (Wildman–Crippen MR) is 55.8 cm³/mol. The highest BCUT2D eigenvalue weighted by molar-refractivity contribution is 5.96. The van der Waals surface area contributed by atoms with E-state index in [0.29, 0.717) is 12.1 Å². The second-order valence-electron chi connectivity index (χ2n) is 3.80. The van der Waals surface area contributed by atoms with Crippen LogP contribution in [0.25, 0.3) is 0 Å². The maximum Gasteiger partial charge on any atom is 0.416 e. The molecule has 0 atom stereocenters. The molecular weight excluding hydrogens is 255 g/mol. The molecule has 1 aromatic carbocycles. The highest BCUT2D eigenvalue weighted by Gasteiger charge is 2.36. The van der Waals surface area contributed by atoms with Crippen molar-refractivity contribution in [3.05, 3.63) is 34.4 Å². The molecule has 0 aliphatic rings. The molecule has 1 rings (SSSR count). The third-order valence-corrected chi connectivity index (χ3v) is 2.58. The van der Waals surface area contributed by atoms with Gasteiger partial charge in [-0.05, 0) is 31.0 Å². The van der Waals surface area contributed by atoms with Gasteiger partial charge in [0.25, 0.3) is 6.43 Å². The SMILES string of the molecule is CCc1cc(C(F)(F)F)c(C(F)F)cc1C(C)=O. The van der Waals surface area contributed by atoms with E-state index in [4.69, 9.17) is 0 Å². The zero-order valence-electron chi connectivity index (χ0n) is 9.74. The minimum Gasteiger partial charge on any atom is -0.295 e. The van der Waals surface area contributed by atoms with Gasteiger partial charge in [-0.2, -0.15) is 13.2 Å². The van der Waals surface area contributed by atoms with Gasteiger partial charge in [0.05, 0.1) is 5.56 Å². The first-order chi connectivity index (χ1) is 8.18. The van der Waals surface area contributed by atoms with Crippen LogP contribution in [0, 0.1) is 0 Å². The number of carbonyl (C=O) groups is 1. The molecule has 0 bridgehead atoms. The average molecular weight is 266 g/mol. The molecule has 0 heterocycles. The highest BCUT2D eigenvalue weighted by atomic mass is 19.4. The van der Waals surface area contributed by atoms with Gasteiger partial charge in [-0.15, -0.1) is 0 Å². The van der Waals surface area contributed by atoms with Crippen LogP contribution in [0.1, 0.15) is 47.3 Å². The Kier molecular flexibility index (Phi) is 4.09. The van der Waals surface area contributed by atoms with Crippen LogP contribution >= 0.6 is 0 Å². The van der Waals surface area contributed by atoms with Crippen LogP contribution in [0.3, 0.4) is 0 Å². The van der Waals surface area contributed by atoms with Crippen molar-refractivity contribution >= 4 is 5.78 Å². The summed E-state index contributed by atoms with van der Waals surface area (Å²) < 4.78 is 63.2. The lowest BCUT2D eigenvalue weighted by Crippen LogP contribution is -2.13. The van der Waals surface area contributed by atoms with Gasteiger partial charge in [0.15, 0.2) is 5.78 Å².